The molecule has 2 rings (SSSR count). The molecule has 3 heteroatoms. The molecule has 1 unspecified atom stereocenters. The number of hydrogen-bond acceptors (Lipinski definition) is 2. The summed E-state index contributed by atoms with van der Waals surface area (Å²) in [6, 6.07) is 6.38. The molecule has 0 saturated heterocycles. The van der Waals surface area contributed by atoms with Crippen molar-refractivity contribution in [3.8, 4) is 0 Å². The molecule has 0 fully saturated rings. The molecule has 0 amide bonds. The van der Waals surface area contributed by atoms with Gasteiger partial charge in [-0.05, 0) is 24.1 Å². The monoisotopic (exact) mass is 210 g/mol. The van der Waals surface area contributed by atoms with Gasteiger partial charge in [0.15, 0.2) is 0 Å². The number of halogens is 1. The SMILES string of the molecule is CC(C)C1CNc2ccc(Cl)cc2N1. The number of benzene rings is 1. The van der Waals surface area contributed by atoms with Crippen molar-refractivity contribution in [1.29, 1.82) is 0 Å². The standard InChI is InChI=1S/C11H15ClN2/c1-7(2)11-6-13-9-4-3-8(12)5-10(9)14-11/h3-5,7,11,13-14H,6H2,1-2H3. The Kier molecular flexibility index (Phi) is 2.55. The van der Waals surface area contributed by atoms with Crippen LogP contribution in [0.3, 0.4) is 0 Å². The topological polar surface area (TPSA) is 24.1 Å². The summed E-state index contributed by atoms with van der Waals surface area (Å²) in [6.07, 6.45) is 0. The first kappa shape index (κ1) is 9.66. The second kappa shape index (κ2) is 3.70. The molecule has 1 aliphatic rings. The molecule has 1 heterocycles. The molecule has 76 valence electrons. The van der Waals surface area contributed by atoms with Crippen LogP contribution in [0, 0.1) is 5.92 Å². The van der Waals surface area contributed by atoms with E-state index >= 15 is 0 Å². The summed E-state index contributed by atoms with van der Waals surface area (Å²) in [7, 11) is 0. The Bertz CT molecular complexity index is 336. The average molecular weight is 211 g/mol. The predicted molar refractivity (Wildman–Crippen MR) is 62.2 cm³/mol. The molecule has 0 saturated carbocycles. The van der Waals surface area contributed by atoms with Gasteiger partial charge in [-0.15, -0.1) is 0 Å². The van der Waals surface area contributed by atoms with Crippen LogP contribution in [0.2, 0.25) is 5.02 Å². The van der Waals surface area contributed by atoms with Crippen LogP contribution in [0.15, 0.2) is 18.2 Å². The van der Waals surface area contributed by atoms with Crippen LogP contribution in [0.25, 0.3) is 0 Å². The summed E-state index contributed by atoms with van der Waals surface area (Å²) in [6.45, 7) is 5.41. The first-order valence-corrected chi connectivity index (χ1v) is 5.34. The Hall–Kier alpha value is -0.890. The minimum Gasteiger partial charge on any atom is -0.381 e. The minimum absolute atomic E-state index is 0.487. The van der Waals surface area contributed by atoms with E-state index < -0.39 is 0 Å². The zero-order chi connectivity index (χ0) is 10.1. The number of fused-ring (bicyclic) bond motifs is 1. The smallest absolute Gasteiger partial charge is 0.0593 e. The Labute approximate surface area is 89.7 Å². The fourth-order valence-corrected chi connectivity index (χ4v) is 1.84. The van der Waals surface area contributed by atoms with Crippen LogP contribution in [-0.4, -0.2) is 12.6 Å². The first-order chi connectivity index (χ1) is 6.66. The molecule has 1 aromatic carbocycles. The van der Waals surface area contributed by atoms with Gasteiger partial charge in [-0.3, -0.25) is 0 Å². The number of rotatable bonds is 1. The number of hydrogen-bond donors (Lipinski definition) is 2. The van der Waals surface area contributed by atoms with Crippen LogP contribution < -0.4 is 10.6 Å². The van der Waals surface area contributed by atoms with Crippen molar-refractivity contribution in [1.82, 2.24) is 0 Å². The molecule has 0 aromatic heterocycles. The molecule has 14 heavy (non-hydrogen) atoms. The van der Waals surface area contributed by atoms with Gasteiger partial charge in [0.05, 0.1) is 11.4 Å². The Morgan fingerprint density at radius 3 is 2.86 bits per heavy atom. The third-order valence-electron chi connectivity index (χ3n) is 2.64. The molecular weight excluding hydrogens is 196 g/mol. The van der Waals surface area contributed by atoms with E-state index in [1.807, 2.05) is 18.2 Å². The van der Waals surface area contributed by atoms with E-state index in [4.69, 9.17) is 11.6 Å². The zero-order valence-electron chi connectivity index (χ0n) is 8.47. The van der Waals surface area contributed by atoms with Gasteiger partial charge in [0.2, 0.25) is 0 Å². The van der Waals surface area contributed by atoms with E-state index in [1.165, 1.54) is 0 Å². The molecule has 1 atom stereocenters. The van der Waals surface area contributed by atoms with Crippen molar-refractivity contribution in [2.45, 2.75) is 19.9 Å². The van der Waals surface area contributed by atoms with E-state index in [0.717, 1.165) is 22.9 Å². The third-order valence-corrected chi connectivity index (χ3v) is 2.87. The maximum absolute atomic E-state index is 5.94. The fourth-order valence-electron chi connectivity index (χ4n) is 1.66. The summed E-state index contributed by atoms with van der Waals surface area (Å²) < 4.78 is 0. The van der Waals surface area contributed by atoms with Gasteiger partial charge in [-0.1, -0.05) is 25.4 Å². The molecule has 0 aliphatic carbocycles. The van der Waals surface area contributed by atoms with Crippen LogP contribution in [-0.2, 0) is 0 Å². The van der Waals surface area contributed by atoms with E-state index in [-0.39, 0.29) is 0 Å². The second-order valence-electron chi connectivity index (χ2n) is 4.07. The quantitative estimate of drug-likeness (QED) is 0.744. The van der Waals surface area contributed by atoms with E-state index in [1.54, 1.807) is 0 Å². The largest absolute Gasteiger partial charge is 0.381 e. The predicted octanol–water partition coefficient (Wildman–Crippen LogP) is 3.20. The molecule has 0 spiro atoms. The van der Waals surface area contributed by atoms with Gasteiger partial charge >= 0.3 is 0 Å². The maximum Gasteiger partial charge on any atom is 0.0593 e. The van der Waals surface area contributed by atoms with Crippen LogP contribution in [0.5, 0.6) is 0 Å². The second-order valence-corrected chi connectivity index (χ2v) is 4.50. The van der Waals surface area contributed by atoms with Gasteiger partial charge in [0.25, 0.3) is 0 Å². The molecule has 1 aromatic rings. The van der Waals surface area contributed by atoms with E-state index in [0.29, 0.717) is 12.0 Å². The molecule has 0 radical (unpaired) electrons. The summed E-state index contributed by atoms with van der Waals surface area (Å²) in [4.78, 5) is 0. The lowest BCUT2D eigenvalue weighted by molar-refractivity contribution is 0.536. The lowest BCUT2D eigenvalue weighted by Gasteiger charge is -2.31. The lowest BCUT2D eigenvalue weighted by atomic mass is 10.0. The zero-order valence-corrected chi connectivity index (χ0v) is 9.23. The summed E-state index contributed by atoms with van der Waals surface area (Å²) in [5.74, 6) is 0.620. The van der Waals surface area contributed by atoms with Crippen molar-refractivity contribution in [3.05, 3.63) is 23.2 Å². The number of nitrogens with one attached hydrogen (secondary N) is 2. The highest BCUT2D eigenvalue weighted by Gasteiger charge is 2.19. The Morgan fingerprint density at radius 2 is 2.14 bits per heavy atom. The minimum atomic E-state index is 0.487. The summed E-state index contributed by atoms with van der Waals surface area (Å²) >= 11 is 5.94. The molecule has 2 nitrogen and oxygen atoms in total. The average Bonchev–Trinajstić information content (AvgIpc) is 2.16. The summed E-state index contributed by atoms with van der Waals surface area (Å²) in [5.41, 5.74) is 2.26. The van der Waals surface area contributed by atoms with E-state index in [9.17, 15) is 0 Å². The highest BCUT2D eigenvalue weighted by atomic mass is 35.5. The molecule has 2 N–H and O–H groups in total. The Morgan fingerprint density at radius 1 is 1.36 bits per heavy atom. The van der Waals surface area contributed by atoms with Crippen molar-refractivity contribution in [2.75, 3.05) is 17.2 Å². The van der Waals surface area contributed by atoms with Gasteiger partial charge in [0, 0.05) is 17.6 Å². The van der Waals surface area contributed by atoms with Gasteiger partial charge in [-0.25, -0.2) is 0 Å². The van der Waals surface area contributed by atoms with Crippen LogP contribution in [0.4, 0.5) is 11.4 Å². The normalized spacial score (nSPS) is 19.9. The van der Waals surface area contributed by atoms with Crippen molar-refractivity contribution in [2.24, 2.45) is 5.92 Å². The van der Waals surface area contributed by atoms with Crippen LogP contribution >= 0.6 is 11.6 Å². The fraction of sp³-hybridized carbons (Fsp3) is 0.455. The number of anilines is 2. The van der Waals surface area contributed by atoms with Crippen molar-refractivity contribution < 1.29 is 0 Å². The molecule has 0 bridgehead atoms. The first-order valence-electron chi connectivity index (χ1n) is 4.97. The van der Waals surface area contributed by atoms with Gasteiger partial charge in [0.1, 0.15) is 0 Å². The highest BCUT2D eigenvalue weighted by Crippen LogP contribution is 2.30. The summed E-state index contributed by atoms with van der Waals surface area (Å²) in [5, 5.41) is 7.67. The van der Waals surface area contributed by atoms with Gasteiger partial charge < -0.3 is 10.6 Å². The maximum atomic E-state index is 5.94. The lowest BCUT2D eigenvalue weighted by Crippen LogP contribution is -2.36. The van der Waals surface area contributed by atoms with Crippen molar-refractivity contribution >= 4 is 23.0 Å². The van der Waals surface area contributed by atoms with E-state index in [2.05, 4.69) is 24.5 Å². The van der Waals surface area contributed by atoms with Gasteiger partial charge in [-0.2, -0.15) is 0 Å². The highest BCUT2D eigenvalue weighted by molar-refractivity contribution is 6.31. The van der Waals surface area contributed by atoms with Crippen LogP contribution in [0.1, 0.15) is 13.8 Å². The molecule has 1 aliphatic heterocycles. The van der Waals surface area contributed by atoms with Crippen molar-refractivity contribution in [3.63, 3.8) is 0 Å². The third kappa shape index (κ3) is 1.80. The Balaban J connectivity index is 2.24. The molecular formula is C11H15ClN2.